The van der Waals surface area contributed by atoms with Crippen molar-refractivity contribution < 1.29 is 43.2 Å². The zero-order chi connectivity index (χ0) is 24.6. The number of carbonyl (C=O) groups is 4. The summed E-state index contributed by atoms with van der Waals surface area (Å²) in [6, 6.07) is 4.28. The maximum Gasteiger partial charge on any atom is 0.508 e. The van der Waals surface area contributed by atoms with Crippen LogP contribution in [0.4, 0.5) is 4.79 Å². The Bertz CT molecular complexity index is 879. The monoisotopic (exact) mass is 465 g/mol. The maximum absolute atomic E-state index is 12.1. The molecule has 0 aromatic heterocycles. The van der Waals surface area contributed by atoms with Crippen LogP contribution < -0.4 is 15.2 Å². The summed E-state index contributed by atoms with van der Waals surface area (Å²) in [6.45, 7) is 3.92. The quantitative estimate of drug-likeness (QED) is 0.411. The first-order chi connectivity index (χ1) is 15.5. The molecule has 1 aromatic rings. The Hall–Kier alpha value is -3.14. The van der Waals surface area contributed by atoms with Gasteiger partial charge in [-0.1, -0.05) is 12.5 Å². The number of benzene rings is 1. The summed E-state index contributed by atoms with van der Waals surface area (Å²) in [5, 5.41) is 9.77. The molecule has 0 aliphatic heterocycles. The van der Waals surface area contributed by atoms with Crippen LogP contribution in [0, 0.1) is 0 Å². The second-order valence-electron chi connectivity index (χ2n) is 8.37. The van der Waals surface area contributed by atoms with Crippen molar-refractivity contribution in [2.75, 3.05) is 0 Å². The Morgan fingerprint density at radius 1 is 1.06 bits per heavy atom. The van der Waals surface area contributed by atoms with Crippen molar-refractivity contribution in [2.45, 2.75) is 83.5 Å². The molecule has 1 unspecified atom stereocenters. The smallest absolute Gasteiger partial charge is 0.480 e. The van der Waals surface area contributed by atoms with Crippen molar-refractivity contribution in [1.82, 2.24) is 0 Å². The van der Waals surface area contributed by atoms with E-state index in [0.29, 0.717) is 5.56 Å². The highest BCUT2D eigenvalue weighted by atomic mass is 16.7. The van der Waals surface area contributed by atoms with Gasteiger partial charge in [-0.05, 0) is 50.3 Å². The fourth-order valence-electron chi connectivity index (χ4n) is 3.80. The van der Waals surface area contributed by atoms with E-state index in [1.54, 1.807) is 6.92 Å². The summed E-state index contributed by atoms with van der Waals surface area (Å²) >= 11 is 0. The van der Waals surface area contributed by atoms with Gasteiger partial charge in [0.25, 0.3) is 0 Å². The summed E-state index contributed by atoms with van der Waals surface area (Å²) in [6.07, 6.45) is 2.46. The Morgan fingerprint density at radius 2 is 1.67 bits per heavy atom. The summed E-state index contributed by atoms with van der Waals surface area (Å²) in [5.41, 5.74) is 4.81. The Labute approximate surface area is 192 Å². The lowest BCUT2D eigenvalue weighted by Gasteiger charge is -2.28. The lowest BCUT2D eigenvalue weighted by molar-refractivity contribution is -0.145. The minimum absolute atomic E-state index is 0.0153. The van der Waals surface area contributed by atoms with Crippen LogP contribution >= 0.6 is 0 Å². The third-order valence-corrected chi connectivity index (χ3v) is 5.23. The van der Waals surface area contributed by atoms with E-state index in [9.17, 15) is 24.3 Å². The zero-order valence-electron chi connectivity index (χ0n) is 19.1. The van der Waals surface area contributed by atoms with E-state index in [2.05, 4.69) is 0 Å². The number of nitrogens with two attached hydrogens (primary N) is 1. The normalized spacial score (nSPS) is 16.7. The van der Waals surface area contributed by atoms with Gasteiger partial charge in [0.1, 0.15) is 17.7 Å². The molecule has 10 nitrogen and oxygen atoms in total. The standard InChI is InChI=1S/C23H31NO9/c1-14(30-22(29)33-18-7-5-4-6-8-18)12-23(24,21(27)28)13-17-9-10-19(31-15(2)25)20(11-17)32-16(3)26/h9-11,14,18H,4-8,12-13,24H2,1-3H3,(H,27,28)/t14-,23?/m0/s1. The van der Waals surface area contributed by atoms with E-state index in [-0.39, 0.29) is 30.4 Å². The van der Waals surface area contributed by atoms with Crippen LogP contribution in [-0.2, 0) is 30.3 Å². The van der Waals surface area contributed by atoms with Gasteiger partial charge in [-0.3, -0.25) is 14.4 Å². The fourth-order valence-corrected chi connectivity index (χ4v) is 3.80. The molecule has 2 rings (SSSR count). The molecule has 0 bridgehead atoms. The second kappa shape index (κ2) is 11.6. The van der Waals surface area contributed by atoms with Gasteiger partial charge in [0.2, 0.25) is 0 Å². The van der Waals surface area contributed by atoms with Gasteiger partial charge < -0.3 is 29.8 Å². The SMILES string of the molecule is CC(=O)Oc1ccc(CC(N)(C[C@H](C)OC(=O)OC2CCCCC2)C(=O)O)cc1OC(C)=O. The highest BCUT2D eigenvalue weighted by molar-refractivity contribution is 5.79. The Balaban J connectivity index is 2.09. The average Bonchev–Trinajstić information content (AvgIpc) is 2.69. The van der Waals surface area contributed by atoms with Crippen LogP contribution in [0.1, 0.15) is 64.9 Å². The number of carboxylic acids is 1. The zero-order valence-corrected chi connectivity index (χ0v) is 19.1. The van der Waals surface area contributed by atoms with Crippen LogP contribution in [0.15, 0.2) is 18.2 Å². The Kier molecular flexibility index (Phi) is 9.22. The molecule has 0 radical (unpaired) electrons. The van der Waals surface area contributed by atoms with Gasteiger partial charge >= 0.3 is 24.1 Å². The van der Waals surface area contributed by atoms with Crippen molar-refractivity contribution in [2.24, 2.45) is 5.73 Å². The predicted molar refractivity (Wildman–Crippen MR) is 116 cm³/mol. The molecule has 2 atom stereocenters. The van der Waals surface area contributed by atoms with E-state index in [0.717, 1.165) is 32.1 Å². The molecule has 0 heterocycles. The molecule has 0 saturated heterocycles. The van der Waals surface area contributed by atoms with E-state index in [1.807, 2.05) is 0 Å². The number of ether oxygens (including phenoxy) is 4. The van der Waals surface area contributed by atoms with Crippen LogP contribution in [0.3, 0.4) is 0 Å². The number of hydrogen-bond acceptors (Lipinski definition) is 9. The van der Waals surface area contributed by atoms with E-state index < -0.39 is 35.7 Å². The summed E-state index contributed by atoms with van der Waals surface area (Å²) in [7, 11) is 0. The number of aliphatic carboxylic acids is 1. The molecular formula is C23H31NO9. The summed E-state index contributed by atoms with van der Waals surface area (Å²) < 4.78 is 20.6. The van der Waals surface area contributed by atoms with E-state index in [1.165, 1.54) is 32.0 Å². The first kappa shape index (κ1) is 26.1. The average molecular weight is 465 g/mol. The van der Waals surface area contributed by atoms with Crippen LogP contribution in [-0.4, -0.2) is 46.9 Å². The van der Waals surface area contributed by atoms with Gasteiger partial charge in [0, 0.05) is 26.7 Å². The topological polar surface area (TPSA) is 151 Å². The van der Waals surface area contributed by atoms with Gasteiger partial charge in [0.05, 0.1) is 0 Å². The highest BCUT2D eigenvalue weighted by Gasteiger charge is 2.37. The molecular weight excluding hydrogens is 434 g/mol. The first-order valence-electron chi connectivity index (χ1n) is 10.9. The molecule has 1 aliphatic carbocycles. The molecule has 10 heteroatoms. The van der Waals surface area contributed by atoms with Gasteiger partial charge in [0.15, 0.2) is 11.5 Å². The van der Waals surface area contributed by atoms with Gasteiger partial charge in [-0.25, -0.2) is 4.79 Å². The largest absolute Gasteiger partial charge is 0.508 e. The Morgan fingerprint density at radius 3 is 2.24 bits per heavy atom. The number of hydrogen-bond donors (Lipinski definition) is 2. The van der Waals surface area contributed by atoms with E-state index in [4.69, 9.17) is 24.7 Å². The molecule has 33 heavy (non-hydrogen) atoms. The van der Waals surface area contributed by atoms with Crippen molar-refractivity contribution >= 4 is 24.1 Å². The predicted octanol–water partition coefficient (Wildman–Crippen LogP) is 3.13. The minimum atomic E-state index is -1.79. The van der Waals surface area contributed by atoms with Crippen LogP contribution in [0.5, 0.6) is 11.5 Å². The van der Waals surface area contributed by atoms with E-state index >= 15 is 0 Å². The number of esters is 2. The molecule has 0 amide bonds. The number of carboxylic acid groups (broad SMARTS) is 1. The van der Waals surface area contributed by atoms with Crippen molar-refractivity contribution in [3.05, 3.63) is 23.8 Å². The van der Waals surface area contributed by atoms with Gasteiger partial charge in [-0.2, -0.15) is 0 Å². The van der Waals surface area contributed by atoms with Crippen LogP contribution in [0.2, 0.25) is 0 Å². The molecule has 1 saturated carbocycles. The molecule has 1 aliphatic rings. The fraction of sp³-hybridized carbons (Fsp3) is 0.565. The molecule has 0 spiro atoms. The van der Waals surface area contributed by atoms with Crippen LogP contribution in [0.25, 0.3) is 0 Å². The summed E-state index contributed by atoms with van der Waals surface area (Å²) in [4.78, 5) is 46.8. The second-order valence-corrected chi connectivity index (χ2v) is 8.37. The number of rotatable bonds is 9. The molecule has 182 valence electrons. The molecule has 1 fully saturated rings. The highest BCUT2D eigenvalue weighted by Crippen LogP contribution is 2.31. The lowest BCUT2D eigenvalue weighted by atomic mass is 9.86. The maximum atomic E-state index is 12.1. The third kappa shape index (κ3) is 8.38. The van der Waals surface area contributed by atoms with Crippen molar-refractivity contribution in [3.63, 3.8) is 0 Å². The molecule has 3 N–H and O–H groups in total. The first-order valence-corrected chi connectivity index (χ1v) is 10.9. The van der Waals surface area contributed by atoms with Gasteiger partial charge in [-0.15, -0.1) is 0 Å². The lowest BCUT2D eigenvalue weighted by Crippen LogP contribution is -2.52. The summed E-state index contributed by atoms with van der Waals surface area (Å²) in [5.74, 6) is -2.57. The van der Waals surface area contributed by atoms with Crippen molar-refractivity contribution in [1.29, 1.82) is 0 Å². The van der Waals surface area contributed by atoms with Crippen molar-refractivity contribution in [3.8, 4) is 11.5 Å². The minimum Gasteiger partial charge on any atom is -0.480 e. The molecule has 1 aromatic carbocycles. The third-order valence-electron chi connectivity index (χ3n) is 5.23. The number of carbonyl (C=O) groups excluding carboxylic acids is 3.